The number of hydrazine groups is 1. The van der Waals surface area contributed by atoms with Gasteiger partial charge in [0.1, 0.15) is 18.0 Å². The molecule has 2 heterocycles. The van der Waals surface area contributed by atoms with Crippen LogP contribution in [-0.4, -0.2) is 34.0 Å². The maximum Gasteiger partial charge on any atom is 0.150 e. The normalized spacial score (nSPS) is 16.2. The third-order valence-corrected chi connectivity index (χ3v) is 4.88. The van der Waals surface area contributed by atoms with Gasteiger partial charge in [0, 0.05) is 35.2 Å². The molecule has 1 aromatic heterocycles. The van der Waals surface area contributed by atoms with Crippen molar-refractivity contribution in [3.63, 3.8) is 0 Å². The fourth-order valence-corrected chi connectivity index (χ4v) is 3.32. The molecule has 0 spiro atoms. The van der Waals surface area contributed by atoms with E-state index >= 15 is 0 Å². The van der Waals surface area contributed by atoms with E-state index in [1.54, 1.807) is 18.2 Å². The van der Waals surface area contributed by atoms with Gasteiger partial charge in [0.25, 0.3) is 0 Å². The lowest BCUT2D eigenvalue weighted by atomic mass is 10.0. The number of nitrogens with one attached hydrogen (secondary N) is 3. The third kappa shape index (κ3) is 3.97. The summed E-state index contributed by atoms with van der Waals surface area (Å²) in [5, 5.41) is 18.9. The largest absolute Gasteiger partial charge is 0.298 e. The van der Waals surface area contributed by atoms with Gasteiger partial charge in [-0.1, -0.05) is 36.4 Å². The average molecular weight is 383 g/mol. The first-order chi connectivity index (χ1) is 14.0. The summed E-state index contributed by atoms with van der Waals surface area (Å²) >= 11 is 0. The van der Waals surface area contributed by atoms with Crippen molar-refractivity contribution in [3.05, 3.63) is 78.0 Å². The zero-order valence-corrected chi connectivity index (χ0v) is 16.0. The number of pyridine rings is 1. The standard InChI is InChI=1S/C23H21N5O/c1-15-2-9-22(24)28(27-15)23(25)11-17-5-8-21-19(10-17)12-20(13-26-21)18-6-3-16(14-29)4-7-18/h2-10,12-15,24-25,27H,11H2,1H3. The maximum absolute atomic E-state index is 10.9. The summed E-state index contributed by atoms with van der Waals surface area (Å²) in [4.78, 5) is 15.4. The molecule has 0 radical (unpaired) electrons. The van der Waals surface area contributed by atoms with Crippen molar-refractivity contribution >= 4 is 28.9 Å². The molecule has 6 heteroatoms. The topological polar surface area (TPSA) is 92.9 Å². The van der Waals surface area contributed by atoms with E-state index in [0.717, 1.165) is 33.9 Å². The van der Waals surface area contributed by atoms with Gasteiger partial charge < -0.3 is 0 Å². The van der Waals surface area contributed by atoms with Gasteiger partial charge in [0.15, 0.2) is 0 Å². The molecule has 29 heavy (non-hydrogen) atoms. The van der Waals surface area contributed by atoms with E-state index in [4.69, 9.17) is 10.8 Å². The Morgan fingerprint density at radius 1 is 1.17 bits per heavy atom. The number of carbonyl (C=O) groups excluding carboxylic acids is 1. The number of aldehydes is 1. The number of carbonyl (C=O) groups is 1. The van der Waals surface area contributed by atoms with Gasteiger partial charge in [-0.05, 0) is 42.3 Å². The average Bonchev–Trinajstić information content (AvgIpc) is 2.75. The van der Waals surface area contributed by atoms with Crippen molar-refractivity contribution in [2.24, 2.45) is 0 Å². The number of benzene rings is 2. The second-order valence-electron chi connectivity index (χ2n) is 7.11. The molecule has 0 bridgehead atoms. The van der Waals surface area contributed by atoms with Crippen molar-refractivity contribution in [3.8, 4) is 11.1 Å². The highest BCUT2D eigenvalue weighted by molar-refractivity contribution is 6.04. The van der Waals surface area contributed by atoms with Gasteiger partial charge >= 0.3 is 0 Å². The van der Waals surface area contributed by atoms with Crippen LogP contribution in [-0.2, 0) is 6.42 Å². The summed E-state index contributed by atoms with van der Waals surface area (Å²) in [6.45, 7) is 1.98. The summed E-state index contributed by atoms with van der Waals surface area (Å²) < 4.78 is 0. The van der Waals surface area contributed by atoms with Gasteiger partial charge in [0.2, 0.25) is 0 Å². The van der Waals surface area contributed by atoms with E-state index in [-0.39, 0.29) is 11.9 Å². The van der Waals surface area contributed by atoms with Crippen LogP contribution in [0.3, 0.4) is 0 Å². The van der Waals surface area contributed by atoms with E-state index < -0.39 is 0 Å². The lowest BCUT2D eigenvalue weighted by Crippen LogP contribution is -2.52. The smallest absolute Gasteiger partial charge is 0.150 e. The van der Waals surface area contributed by atoms with Gasteiger partial charge in [-0.15, -0.1) is 0 Å². The summed E-state index contributed by atoms with van der Waals surface area (Å²) in [5.41, 5.74) is 7.60. The molecule has 0 saturated heterocycles. The number of aromatic nitrogens is 1. The van der Waals surface area contributed by atoms with Crippen molar-refractivity contribution in [2.75, 3.05) is 0 Å². The van der Waals surface area contributed by atoms with Crippen LogP contribution in [0.25, 0.3) is 22.0 Å². The summed E-state index contributed by atoms with van der Waals surface area (Å²) in [6, 6.07) is 15.5. The number of fused-ring (bicyclic) bond motifs is 1. The minimum absolute atomic E-state index is 0.0819. The molecule has 0 amide bonds. The van der Waals surface area contributed by atoms with Gasteiger partial charge in [-0.3, -0.25) is 20.6 Å². The number of amidine groups is 2. The van der Waals surface area contributed by atoms with Gasteiger partial charge in [-0.2, -0.15) is 0 Å². The first kappa shape index (κ1) is 18.7. The predicted molar refractivity (Wildman–Crippen MR) is 115 cm³/mol. The highest BCUT2D eigenvalue weighted by Crippen LogP contribution is 2.24. The summed E-state index contributed by atoms with van der Waals surface area (Å²) in [6.07, 6.45) is 6.67. The Hall–Kier alpha value is -3.64. The monoisotopic (exact) mass is 383 g/mol. The molecule has 1 unspecified atom stereocenters. The third-order valence-electron chi connectivity index (χ3n) is 4.88. The molecule has 0 saturated carbocycles. The second-order valence-corrected chi connectivity index (χ2v) is 7.11. The molecular formula is C23H21N5O. The second kappa shape index (κ2) is 7.77. The Kier molecular flexibility index (Phi) is 5.01. The van der Waals surface area contributed by atoms with Gasteiger partial charge in [0.05, 0.1) is 5.52 Å². The first-order valence-electron chi connectivity index (χ1n) is 9.38. The lowest BCUT2D eigenvalue weighted by Gasteiger charge is -2.30. The van der Waals surface area contributed by atoms with E-state index in [2.05, 4.69) is 16.5 Å². The molecule has 3 aromatic rings. The zero-order valence-electron chi connectivity index (χ0n) is 16.0. The minimum Gasteiger partial charge on any atom is -0.298 e. The van der Waals surface area contributed by atoms with Crippen molar-refractivity contribution < 1.29 is 4.79 Å². The van der Waals surface area contributed by atoms with Crippen molar-refractivity contribution in [1.29, 1.82) is 10.8 Å². The maximum atomic E-state index is 10.9. The van der Waals surface area contributed by atoms with Crippen LogP contribution in [0.1, 0.15) is 22.8 Å². The molecule has 3 N–H and O–H groups in total. The Labute approximate surface area is 168 Å². The Morgan fingerprint density at radius 2 is 1.97 bits per heavy atom. The van der Waals surface area contributed by atoms with Crippen LogP contribution in [0.4, 0.5) is 0 Å². The molecular weight excluding hydrogens is 362 g/mol. The van der Waals surface area contributed by atoms with Crippen molar-refractivity contribution in [1.82, 2.24) is 15.4 Å². The number of rotatable bonds is 4. The predicted octanol–water partition coefficient (Wildman–Crippen LogP) is 3.98. The number of hydrogen-bond acceptors (Lipinski definition) is 5. The SMILES string of the molecule is CC1C=CC(=N)N(C(=N)Cc2ccc3ncc(-c4ccc(C=O)cc4)cc3c2)N1. The fourth-order valence-electron chi connectivity index (χ4n) is 3.32. The molecule has 6 nitrogen and oxygen atoms in total. The minimum atomic E-state index is 0.0819. The van der Waals surface area contributed by atoms with E-state index in [1.165, 1.54) is 5.01 Å². The zero-order chi connectivity index (χ0) is 20.4. The molecule has 4 rings (SSSR count). The van der Waals surface area contributed by atoms with Crippen LogP contribution < -0.4 is 5.43 Å². The fraction of sp³-hybridized carbons (Fsp3) is 0.130. The molecule has 0 fully saturated rings. The van der Waals surface area contributed by atoms with Crippen LogP contribution in [0.15, 0.2) is 66.9 Å². The highest BCUT2D eigenvalue weighted by Gasteiger charge is 2.19. The van der Waals surface area contributed by atoms with Crippen LogP contribution in [0.2, 0.25) is 0 Å². The Morgan fingerprint density at radius 3 is 2.72 bits per heavy atom. The first-order valence-corrected chi connectivity index (χ1v) is 9.38. The Balaban J connectivity index is 1.59. The molecule has 144 valence electrons. The molecule has 2 aromatic carbocycles. The van der Waals surface area contributed by atoms with E-state index in [1.807, 2.05) is 49.5 Å². The van der Waals surface area contributed by atoms with Gasteiger partial charge in [-0.25, -0.2) is 10.4 Å². The summed E-state index contributed by atoms with van der Waals surface area (Å²) in [5.74, 6) is 0.579. The van der Waals surface area contributed by atoms with Crippen LogP contribution in [0.5, 0.6) is 0 Å². The lowest BCUT2D eigenvalue weighted by molar-refractivity contribution is 0.112. The molecule has 0 aliphatic carbocycles. The van der Waals surface area contributed by atoms with Crippen LogP contribution in [0, 0.1) is 10.8 Å². The summed E-state index contributed by atoms with van der Waals surface area (Å²) in [7, 11) is 0. The number of nitrogens with zero attached hydrogens (tertiary/aromatic N) is 2. The van der Waals surface area contributed by atoms with Crippen molar-refractivity contribution in [2.45, 2.75) is 19.4 Å². The molecule has 1 aliphatic rings. The number of hydrogen-bond donors (Lipinski definition) is 3. The Bertz CT molecular complexity index is 1130. The highest BCUT2D eigenvalue weighted by atomic mass is 16.1. The van der Waals surface area contributed by atoms with E-state index in [9.17, 15) is 4.79 Å². The van der Waals surface area contributed by atoms with Crippen LogP contribution >= 0.6 is 0 Å². The molecule has 1 aliphatic heterocycles. The molecule has 1 atom stereocenters. The quantitative estimate of drug-likeness (QED) is 0.361. The van der Waals surface area contributed by atoms with E-state index in [0.29, 0.717) is 17.8 Å².